The smallest absolute Gasteiger partial charge is 0.0530 e. The second-order valence-electron chi connectivity index (χ2n) is 4.72. The molecular formula is C11H21BrO. The molecule has 1 nitrogen and oxygen atoms in total. The molecule has 0 aromatic rings. The normalized spacial score (nSPS) is 29.5. The lowest BCUT2D eigenvalue weighted by Crippen LogP contribution is -2.33. The van der Waals surface area contributed by atoms with Gasteiger partial charge in [-0.3, -0.25) is 0 Å². The van der Waals surface area contributed by atoms with Crippen molar-refractivity contribution in [2.24, 2.45) is 11.3 Å². The van der Waals surface area contributed by atoms with Crippen LogP contribution in [-0.4, -0.2) is 18.5 Å². The van der Waals surface area contributed by atoms with Crippen LogP contribution in [-0.2, 0) is 4.74 Å². The highest BCUT2D eigenvalue weighted by molar-refractivity contribution is 9.09. The van der Waals surface area contributed by atoms with Crippen molar-refractivity contribution in [2.75, 3.05) is 18.5 Å². The van der Waals surface area contributed by atoms with Crippen molar-refractivity contribution >= 4 is 15.9 Å². The molecule has 1 heterocycles. The standard InChI is InChI=1S/C11H21BrO/c1-10(2)4-6-11(8-12)5-3-7-13-9-11/h10H,3-9H2,1-2H3. The molecule has 0 aliphatic carbocycles. The molecule has 1 aliphatic rings. The molecule has 13 heavy (non-hydrogen) atoms. The maximum atomic E-state index is 5.58. The number of hydrogen-bond acceptors (Lipinski definition) is 1. The summed E-state index contributed by atoms with van der Waals surface area (Å²) in [6.07, 6.45) is 5.22. The molecular weight excluding hydrogens is 228 g/mol. The van der Waals surface area contributed by atoms with Crippen molar-refractivity contribution in [3.63, 3.8) is 0 Å². The SMILES string of the molecule is CC(C)CCC1(CBr)CCCOC1. The van der Waals surface area contributed by atoms with E-state index in [0.29, 0.717) is 5.41 Å². The van der Waals surface area contributed by atoms with E-state index in [2.05, 4.69) is 29.8 Å². The van der Waals surface area contributed by atoms with Crippen LogP contribution in [0.1, 0.15) is 39.5 Å². The third-order valence-corrected chi connectivity index (χ3v) is 4.13. The van der Waals surface area contributed by atoms with Gasteiger partial charge < -0.3 is 4.74 Å². The van der Waals surface area contributed by atoms with Gasteiger partial charge in [0.25, 0.3) is 0 Å². The van der Waals surface area contributed by atoms with E-state index >= 15 is 0 Å². The number of halogens is 1. The van der Waals surface area contributed by atoms with Crippen molar-refractivity contribution in [3.8, 4) is 0 Å². The molecule has 2 heteroatoms. The van der Waals surface area contributed by atoms with E-state index in [9.17, 15) is 0 Å². The molecule has 0 aromatic carbocycles. The lowest BCUT2D eigenvalue weighted by molar-refractivity contribution is -0.00100. The summed E-state index contributed by atoms with van der Waals surface area (Å²) in [5, 5.41) is 1.10. The molecule has 0 bridgehead atoms. The van der Waals surface area contributed by atoms with Gasteiger partial charge in [0.05, 0.1) is 6.61 Å². The van der Waals surface area contributed by atoms with Crippen molar-refractivity contribution in [2.45, 2.75) is 39.5 Å². The number of hydrogen-bond donors (Lipinski definition) is 0. The predicted molar refractivity (Wildman–Crippen MR) is 60.4 cm³/mol. The van der Waals surface area contributed by atoms with E-state index in [4.69, 9.17) is 4.74 Å². The van der Waals surface area contributed by atoms with Gasteiger partial charge in [0.15, 0.2) is 0 Å². The molecule has 1 rings (SSSR count). The zero-order valence-electron chi connectivity index (χ0n) is 8.81. The van der Waals surface area contributed by atoms with Crippen LogP contribution in [0.15, 0.2) is 0 Å². The Balaban J connectivity index is 2.38. The fourth-order valence-electron chi connectivity index (χ4n) is 1.87. The largest absolute Gasteiger partial charge is 0.381 e. The van der Waals surface area contributed by atoms with Gasteiger partial charge in [-0.25, -0.2) is 0 Å². The Labute approximate surface area is 90.4 Å². The number of rotatable bonds is 4. The topological polar surface area (TPSA) is 9.23 Å². The van der Waals surface area contributed by atoms with Gasteiger partial charge in [-0.05, 0) is 25.2 Å². The van der Waals surface area contributed by atoms with Crippen molar-refractivity contribution < 1.29 is 4.74 Å². The van der Waals surface area contributed by atoms with Gasteiger partial charge in [-0.15, -0.1) is 0 Å². The minimum Gasteiger partial charge on any atom is -0.381 e. The van der Waals surface area contributed by atoms with E-state index in [1.54, 1.807) is 0 Å². The molecule has 1 saturated heterocycles. The van der Waals surface area contributed by atoms with E-state index in [1.165, 1.54) is 25.7 Å². The summed E-state index contributed by atoms with van der Waals surface area (Å²) >= 11 is 3.64. The molecule has 1 aliphatic heterocycles. The van der Waals surface area contributed by atoms with Crippen LogP contribution in [0, 0.1) is 11.3 Å². The first-order valence-electron chi connectivity index (χ1n) is 5.32. The first-order valence-corrected chi connectivity index (χ1v) is 6.44. The summed E-state index contributed by atoms with van der Waals surface area (Å²) in [5.74, 6) is 0.817. The molecule has 1 unspecified atom stereocenters. The monoisotopic (exact) mass is 248 g/mol. The molecule has 0 saturated carbocycles. The Kier molecular flexibility index (Phi) is 4.74. The first kappa shape index (κ1) is 11.5. The lowest BCUT2D eigenvalue weighted by atomic mass is 9.79. The van der Waals surface area contributed by atoms with Crippen LogP contribution in [0.4, 0.5) is 0 Å². The molecule has 1 fully saturated rings. The molecule has 0 N–H and O–H groups in total. The van der Waals surface area contributed by atoms with Gasteiger partial charge in [0, 0.05) is 17.4 Å². The number of alkyl halides is 1. The zero-order valence-corrected chi connectivity index (χ0v) is 10.4. The van der Waals surface area contributed by atoms with E-state index in [1.807, 2.05) is 0 Å². The Morgan fingerprint density at radius 2 is 2.23 bits per heavy atom. The zero-order chi connectivity index (χ0) is 9.73. The minimum atomic E-state index is 0.447. The highest BCUT2D eigenvalue weighted by atomic mass is 79.9. The third kappa shape index (κ3) is 3.59. The maximum Gasteiger partial charge on any atom is 0.0530 e. The third-order valence-electron chi connectivity index (χ3n) is 2.94. The highest BCUT2D eigenvalue weighted by Gasteiger charge is 2.31. The van der Waals surface area contributed by atoms with Crippen molar-refractivity contribution in [1.29, 1.82) is 0 Å². The average Bonchev–Trinajstić information content (AvgIpc) is 2.16. The first-order chi connectivity index (χ1) is 6.18. The van der Waals surface area contributed by atoms with Gasteiger partial charge in [0.1, 0.15) is 0 Å². The van der Waals surface area contributed by atoms with Crippen LogP contribution < -0.4 is 0 Å². The van der Waals surface area contributed by atoms with Crippen LogP contribution >= 0.6 is 15.9 Å². The van der Waals surface area contributed by atoms with E-state index < -0.39 is 0 Å². The Morgan fingerprint density at radius 3 is 2.69 bits per heavy atom. The summed E-state index contributed by atoms with van der Waals surface area (Å²) in [6.45, 7) is 6.53. The average molecular weight is 249 g/mol. The number of ether oxygens (including phenoxy) is 1. The molecule has 0 aromatic heterocycles. The van der Waals surface area contributed by atoms with Crippen LogP contribution in [0.25, 0.3) is 0 Å². The van der Waals surface area contributed by atoms with Crippen LogP contribution in [0.5, 0.6) is 0 Å². The summed E-state index contributed by atoms with van der Waals surface area (Å²) in [6, 6.07) is 0. The Bertz CT molecular complexity index is 139. The molecule has 0 amide bonds. The summed E-state index contributed by atoms with van der Waals surface area (Å²) in [4.78, 5) is 0. The van der Waals surface area contributed by atoms with E-state index in [-0.39, 0.29) is 0 Å². The van der Waals surface area contributed by atoms with Gasteiger partial charge in [-0.2, -0.15) is 0 Å². The fraction of sp³-hybridized carbons (Fsp3) is 1.00. The Morgan fingerprint density at radius 1 is 1.46 bits per heavy atom. The molecule has 0 radical (unpaired) electrons. The Hall–Kier alpha value is 0.440. The minimum absolute atomic E-state index is 0.447. The van der Waals surface area contributed by atoms with Gasteiger partial charge in [0.2, 0.25) is 0 Å². The predicted octanol–water partition coefficient (Wildman–Crippen LogP) is 3.61. The molecule has 0 spiro atoms. The van der Waals surface area contributed by atoms with Crippen molar-refractivity contribution in [3.05, 3.63) is 0 Å². The van der Waals surface area contributed by atoms with E-state index in [0.717, 1.165) is 24.5 Å². The van der Waals surface area contributed by atoms with Crippen molar-refractivity contribution in [1.82, 2.24) is 0 Å². The highest BCUT2D eigenvalue weighted by Crippen LogP contribution is 2.36. The van der Waals surface area contributed by atoms with Gasteiger partial charge in [-0.1, -0.05) is 36.2 Å². The molecule has 1 atom stereocenters. The summed E-state index contributed by atoms with van der Waals surface area (Å²) in [5.41, 5.74) is 0.447. The maximum absolute atomic E-state index is 5.58. The fourth-order valence-corrected chi connectivity index (χ4v) is 2.60. The second kappa shape index (κ2) is 5.35. The lowest BCUT2D eigenvalue weighted by Gasteiger charge is -2.36. The summed E-state index contributed by atoms with van der Waals surface area (Å²) in [7, 11) is 0. The molecule has 78 valence electrons. The van der Waals surface area contributed by atoms with Crippen LogP contribution in [0.2, 0.25) is 0 Å². The summed E-state index contributed by atoms with van der Waals surface area (Å²) < 4.78 is 5.58. The quantitative estimate of drug-likeness (QED) is 0.691. The van der Waals surface area contributed by atoms with Crippen LogP contribution in [0.3, 0.4) is 0 Å². The van der Waals surface area contributed by atoms with Gasteiger partial charge >= 0.3 is 0 Å². The second-order valence-corrected chi connectivity index (χ2v) is 5.28.